The van der Waals surface area contributed by atoms with Gasteiger partial charge in [0.1, 0.15) is 11.2 Å². The maximum atomic E-state index is 7.45. The molecule has 0 atom stereocenters. The first-order valence-electron chi connectivity index (χ1n) is 12.9. The zero-order chi connectivity index (χ0) is 25.9. The Labute approximate surface area is 224 Å². The van der Waals surface area contributed by atoms with Crippen molar-refractivity contribution in [1.82, 2.24) is 4.98 Å². The molecule has 0 saturated heterocycles. The minimum absolute atomic E-state index is 0.614. The Morgan fingerprint density at radius 3 is 1.77 bits per heavy atom. The van der Waals surface area contributed by atoms with Crippen LogP contribution in [0.1, 0.15) is 0 Å². The van der Waals surface area contributed by atoms with Gasteiger partial charge in [-0.15, -0.1) is 0 Å². The van der Waals surface area contributed by atoms with Crippen molar-refractivity contribution in [3.63, 3.8) is 0 Å². The Kier molecular flexibility index (Phi) is 4.59. The van der Waals surface area contributed by atoms with Gasteiger partial charge in [0.15, 0.2) is 5.69 Å². The van der Waals surface area contributed by atoms with Gasteiger partial charge in [-0.05, 0) is 91.5 Å². The molecule has 0 N–H and O–H groups in total. The number of pyridine rings is 1. The average molecular weight is 497 g/mol. The number of nitrogens with zero attached hydrogens (tertiary/aromatic N) is 2. The fourth-order valence-electron chi connectivity index (χ4n) is 5.95. The number of furan rings is 1. The molecule has 180 valence electrons. The van der Waals surface area contributed by atoms with Crippen LogP contribution in [0, 0.1) is 6.57 Å². The van der Waals surface area contributed by atoms with Crippen molar-refractivity contribution in [1.29, 1.82) is 0 Å². The first-order chi connectivity index (χ1) is 19.3. The third kappa shape index (κ3) is 3.26. The number of aromatic nitrogens is 1. The van der Waals surface area contributed by atoms with Crippen molar-refractivity contribution in [2.45, 2.75) is 0 Å². The molecule has 8 rings (SSSR count). The van der Waals surface area contributed by atoms with E-state index in [9.17, 15) is 0 Å². The Morgan fingerprint density at radius 2 is 1.13 bits per heavy atom. The van der Waals surface area contributed by atoms with Crippen LogP contribution in [0.15, 0.2) is 126 Å². The van der Waals surface area contributed by atoms with Gasteiger partial charge in [0.2, 0.25) is 0 Å². The summed E-state index contributed by atoms with van der Waals surface area (Å²) in [7, 11) is 0. The highest BCUT2D eigenvalue weighted by atomic mass is 16.3. The zero-order valence-electron chi connectivity index (χ0n) is 20.8. The summed E-state index contributed by atoms with van der Waals surface area (Å²) in [6.45, 7) is 7.45. The molecule has 8 aromatic rings. The first kappa shape index (κ1) is 21.6. The summed E-state index contributed by atoms with van der Waals surface area (Å²) in [6, 6.07) is 38.1. The predicted octanol–water partition coefficient (Wildman–Crippen LogP) is 10.3. The highest BCUT2D eigenvalue weighted by Crippen LogP contribution is 2.42. The minimum atomic E-state index is 0.614. The molecule has 2 aromatic heterocycles. The van der Waals surface area contributed by atoms with Crippen molar-refractivity contribution < 1.29 is 4.42 Å². The molecule has 0 fully saturated rings. The van der Waals surface area contributed by atoms with Crippen molar-refractivity contribution >= 4 is 59.9 Å². The SMILES string of the molecule is [C-]#[N+]c1ccc2oc3ccc(-c4cc5c6ccccc6c(-c6cccnc6)cc5c5ccccc45)cc3c2c1. The lowest BCUT2D eigenvalue weighted by molar-refractivity contribution is 0.669. The molecule has 0 radical (unpaired) electrons. The second-order valence-electron chi connectivity index (χ2n) is 9.88. The maximum absolute atomic E-state index is 7.45. The van der Waals surface area contributed by atoms with E-state index in [0.29, 0.717) is 5.69 Å². The smallest absolute Gasteiger partial charge is 0.188 e. The lowest BCUT2D eigenvalue weighted by Gasteiger charge is -2.16. The molecule has 39 heavy (non-hydrogen) atoms. The van der Waals surface area contributed by atoms with Crippen LogP contribution in [-0.4, -0.2) is 4.98 Å². The summed E-state index contributed by atoms with van der Waals surface area (Å²) in [5, 5.41) is 9.29. The van der Waals surface area contributed by atoms with Crippen LogP contribution in [-0.2, 0) is 0 Å². The maximum Gasteiger partial charge on any atom is 0.188 e. The molecule has 0 spiro atoms. The fraction of sp³-hybridized carbons (Fsp3) is 0. The number of rotatable bonds is 2. The van der Waals surface area contributed by atoms with E-state index in [4.69, 9.17) is 11.0 Å². The topological polar surface area (TPSA) is 30.4 Å². The molecule has 0 aliphatic carbocycles. The standard InChI is InChI=1S/C36H20N2O/c1-37-24-13-15-36-34(18-24)33-17-22(12-14-35(33)39-36)29-19-31-28-11-5-3-9-26(28)30(23-7-6-16-38-21-23)20-32(31)27-10-4-2-8-25(27)29/h2-21H. The highest BCUT2D eigenvalue weighted by molar-refractivity contribution is 6.24. The zero-order valence-corrected chi connectivity index (χ0v) is 20.8. The highest BCUT2D eigenvalue weighted by Gasteiger charge is 2.16. The van der Waals surface area contributed by atoms with Crippen molar-refractivity contribution in [3.05, 3.63) is 133 Å². The lowest BCUT2D eigenvalue weighted by atomic mass is 9.88. The summed E-state index contributed by atoms with van der Waals surface area (Å²) < 4.78 is 6.11. The number of hydrogen-bond donors (Lipinski definition) is 0. The van der Waals surface area contributed by atoms with Gasteiger partial charge in [-0.3, -0.25) is 4.98 Å². The molecule has 0 bridgehead atoms. The second-order valence-corrected chi connectivity index (χ2v) is 9.88. The van der Waals surface area contributed by atoms with E-state index in [-0.39, 0.29) is 0 Å². The van der Waals surface area contributed by atoms with Gasteiger partial charge < -0.3 is 4.42 Å². The lowest BCUT2D eigenvalue weighted by Crippen LogP contribution is -1.89. The summed E-state index contributed by atoms with van der Waals surface area (Å²) >= 11 is 0. The number of hydrogen-bond acceptors (Lipinski definition) is 2. The number of fused-ring (bicyclic) bond motifs is 8. The number of benzene rings is 6. The van der Waals surface area contributed by atoms with Crippen molar-refractivity contribution in [2.75, 3.05) is 0 Å². The van der Waals surface area contributed by atoms with Crippen LogP contribution in [0.2, 0.25) is 0 Å². The van der Waals surface area contributed by atoms with Crippen LogP contribution >= 0.6 is 0 Å². The van der Waals surface area contributed by atoms with Crippen LogP contribution < -0.4 is 0 Å². The monoisotopic (exact) mass is 496 g/mol. The summed E-state index contributed by atoms with van der Waals surface area (Å²) in [5.74, 6) is 0. The van der Waals surface area contributed by atoms with Crippen molar-refractivity contribution in [3.8, 4) is 22.3 Å². The molecule has 0 amide bonds. The molecule has 0 saturated carbocycles. The largest absolute Gasteiger partial charge is 0.456 e. The molecule has 3 heteroatoms. The third-order valence-corrected chi connectivity index (χ3v) is 7.75. The minimum Gasteiger partial charge on any atom is -0.456 e. The van der Waals surface area contributed by atoms with Gasteiger partial charge in [0.25, 0.3) is 0 Å². The molecule has 3 nitrogen and oxygen atoms in total. The van der Waals surface area contributed by atoms with Gasteiger partial charge in [0, 0.05) is 28.7 Å². The van der Waals surface area contributed by atoms with E-state index < -0.39 is 0 Å². The van der Waals surface area contributed by atoms with Gasteiger partial charge in [-0.1, -0.05) is 66.7 Å². The van der Waals surface area contributed by atoms with E-state index in [1.165, 1.54) is 43.4 Å². The van der Waals surface area contributed by atoms with Crippen molar-refractivity contribution in [2.24, 2.45) is 0 Å². The summed E-state index contributed by atoms with van der Waals surface area (Å²) in [4.78, 5) is 8.02. The summed E-state index contributed by atoms with van der Waals surface area (Å²) in [6.07, 6.45) is 3.75. The van der Waals surface area contributed by atoms with Crippen LogP contribution in [0.25, 0.3) is 81.4 Å². The molecular formula is C36H20N2O. The Morgan fingerprint density at radius 1 is 0.513 bits per heavy atom. The molecule has 0 aliphatic heterocycles. The third-order valence-electron chi connectivity index (χ3n) is 7.75. The van der Waals surface area contributed by atoms with Crippen LogP contribution in [0.4, 0.5) is 5.69 Å². The van der Waals surface area contributed by atoms with Crippen LogP contribution in [0.5, 0.6) is 0 Å². The van der Waals surface area contributed by atoms with Gasteiger partial charge in [0.05, 0.1) is 6.57 Å². The normalized spacial score (nSPS) is 11.6. The second kappa shape index (κ2) is 8.28. The van der Waals surface area contributed by atoms with E-state index >= 15 is 0 Å². The Bertz CT molecular complexity index is 2290. The molecule has 0 unspecified atom stereocenters. The molecule has 6 aromatic carbocycles. The van der Waals surface area contributed by atoms with Gasteiger partial charge in [-0.2, -0.15) is 0 Å². The first-order valence-corrected chi connectivity index (χ1v) is 12.9. The van der Waals surface area contributed by atoms with Gasteiger partial charge in [-0.25, -0.2) is 4.85 Å². The molecule has 2 heterocycles. The van der Waals surface area contributed by atoms with E-state index in [2.05, 4.69) is 88.7 Å². The molecular weight excluding hydrogens is 476 g/mol. The van der Waals surface area contributed by atoms with E-state index in [1.807, 2.05) is 36.7 Å². The average Bonchev–Trinajstić information content (AvgIpc) is 3.37. The fourth-order valence-corrected chi connectivity index (χ4v) is 5.95. The van der Waals surface area contributed by atoms with E-state index in [1.54, 1.807) is 6.07 Å². The van der Waals surface area contributed by atoms with E-state index in [0.717, 1.165) is 33.1 Å². The predicted molar refractivity (Wildman–Crippen MR) is 161 cm³/mol. The van der Waals surface area contributed by atoms with Gasteiger partial charge >= 0.3 is 0 Å². The summed E-state index contributed by atoms with van der Waals surface area (Å²) in [5.41, 5.74) is 6.83. The van der Waals surface area contributed by atoms with Crippen LogP contribution in [0.3, 0.4) is 0 Å². The Balaban J connectivity index is 1.47. The Hall–Kier alpha value is -5.46. The molecule has 0 aliphatic rings. The quantitative estimate of drug-likeness (QED) is 0.176.